The lowest BCUT2D eigenvalue weighted by atomic mass is 10.1. The van der Waals surface area contributed by atoms with Crippen LogP contribution in [0.1, 0.15) is 16.7 Å². The average molecular weight is 348 g/mol. The van der Waals surface area contributed by atoms with Crippen LogP contribution in [-0.4, -0.2) is 22.7 Å². The molecule has 0 unspecified atom stereocenters. The van der Waals surface area contributed by atoms with Crippen LogP contribution in [0, 0.1) is 18.3 Å². The second kappa shape index (κ2) is 9.09. The smallest absolute Gasteiger partial charge is 0.261 e. The minimum Gasteiger partial charge on any atom is -0.504 e. The topological polar surface area (TPSA) is 93.4 Å². The lowest BCUT2D eigenvalue weighted by Crippen LogP contribution is -2.26. The molecule has 5 nitrogen and oxygen atoms in total. The van der Waals surface area contributed by atoms with Gasteiger partial charge in [0.15, 0.2) is 11.5 Å². The highest BCUT2D eigenvalue weighted by Crippen LogP contribution is 2.25. The average Bonchev–Trinajstić information content (AvgIpc) is 2.61. The third kappa shape index (κ3) is 5.53. The van der Waals surface area contributed by atoms with E-state index in [0.29, 0.717) is 18.5 Å². The molecule has 2 aromatic carbocycles. The van der Waals surface area contributed by atoms with Crippen molar-refractivity contribution >= 4 is 12.0 Å². The SMILES string of the molecule is Cc1cccc(CCNC(=O)/C(C#N)=C/C=C/c2ccc(O)c(O)c2)c1. The highest BCUT2D eigenvalue weighted by Gasteiger charge is 2.07. The van der Waals surface area contributed by atoms with Crippen molar-refractivity contribution in [3.8, 4) is 17.6 Å². The fourth-order valence-electron chi connectivity index (χ4n) is 2.35. The molecule has 132 valence electrons. The molecule has 1 amide bonds. The Kier molecular flexibility index (Phi) is 6.58. The minimum atomic E-state index is -0.432. The molecule has 5 heteroatoms. The molecular formula is C21H20N2O3. The molecule has 0 aliphatic heterocycles. The van der Waals surface area contributed by atoms with Crippen molar-refractivity contribution in [1.82, 2.24) is 5.32 Å². The summed E-state index contributed by atoms with van der Waals surface area (Å²) >= 11 is 0. The van der Waals surface area contributed by atoms with Crippen LogP contribution >= 0.6 is 0 Å². The van der Waals surface area contributed by atoms with E-state index in [1.165, 1.54) is 18.2 Å². The summed E-state index contributed by atoms with van der Waals surface area (Å²) in [5.41, 5.74) is 2.92. The van der Waals surface area contributed by atoms with Crippen molar-refractivity contribution in [1.29, 1.82) is 5.26 Å². The number of carbonyl (C=O) groups is 1. The van der Waals surface area contributed by atoms with Crippen LogP contribution in [0.25, 0.3) is 6.08 Å². The van der Waals surface area contributed by atoms with E-state index >= 15 is 0 Å². The first-order valence-electron chi connectivity index (χ1n) is 8.14. The molecule has 2 rings (SSSR count). The van der Waals surface area contributed by atoms with Crippen LogP contribution in [-0.2, 0) is 11.2 Å². The van der Waals surface area contributed by atoms with Gasteiger partial charge in [-0.05, 0) is 42.7 Å². The Morgan fingerprint density at radius 2 is 2.00 bits per heavy atom. The normalized spacial score (nSPS) is 11.3. The number of benzene rings is 2. The van der Waals surface area contributed by atoms with Crippen molar-refractivity contribution in [3.63, 3.8) is 0 Å². The molecule has 0 saturated carbocycles. The Hall–Kier alpha value is -3.52. The fourth-order valence-corrected chi connectivity index (χ4v) is 2.35. The van der Waals surface area contributed by atoms with Crippen LogP contribution in [0.5, 0.6) is 11.5 Å². The maximum absolute atomic E-state index is 12.1. The third-order valence-corrected chi connectivity index (χ3v) is 3.70. The van der Waals surface area contributed by atoms with Crippen molar-refractivity contribution in [2.24, 2.45) is 0 Å². The van der Waals surface area contributed by atoms with E-state index in [9.17, 15) is 15.0 Å². The van der Waals surface area contributed by atoms with E-state index in [2.05, 4.69) is 11.4 Å². The predicted molar refractivity (Wildman–Crippen MR) is 100 cm³/mol. The summed E-state index contributed by atoms with van der Waals surface area (Å²) in [7, 11) is 0. The summed E-state index contributed by atoms with van der Waals surface area (Å²) in [6.07, 6.45) is 5.27. The maximum atomic E-state index is 12.1. The Balaban J connectivity index is 1.92. The summed E-state index contributed by atoms with van der Waals surface area (Å²) in [5, 5.41) is 30.6. The second-order valence-electron chi connectivity index (χ2n) is 5.79. The number of hydrogen-bond donors (Lipinski definition) is 3. The predicted octanol–water partition coefficient (Wildman–Crippen LogP) is 3.23. The van der Waals surface area contributed by atoms with Gasteiger partial charge >= 0.3 is 0 Å². The standard InChI is InChI=1S/C21H20N2O3/c1-15-4-2-5-17(12-15)10-11-23-21(26)18(14-22)7-3-6-16-8-9-19(24)20(25)13-16/h2-9,12-13,24-25H,10-11H2,1H3,(H,23,26)/b6-3+,18-7+. The van der Waals surface area contributed by atoms with E-state index in [-0.39, 0.29) is 17.1 Å². The first-order chi connectivity index (χ1) is 12.5. The zero-order valence-corrected chi connectivity index (χ0v) is 14.4. The second-order valence-corrected chi connectivity index (χ2v) is 5.79. The Morgan fingerprint density at radius 1 is 1.19 bits per heavy atom. The molecule has 26 heavy (non-hydrogen) atoms. The Bertz CT molecular complexity index is 892. The summed E-state index contributed by atoms with van der Waals surface area (Å²) in [5.74, 6) is -0.868. The lowest BCUT2D eigenvalue weighted by Gasteiger charge is -2.05. The van der Waals surface area contributed by atoms with Gasteiger partial charge in [0.05, 0.1) is 0 Å². The van der Waals surface area contributed by atoms with Gasteiger partial charge in [0.1, 0.15) is 11.6 Å². The van der Waals surface area contributed by atoms with Gasteiger partial charge in [0.25, 0.3) is 5.91 Å². The number of amides is 1. The summed E-state index contributed by atoms with van der Waals surface area (Å²) in [4.78, 5) is 12.1. The van der Waals surface area contributed by atoms with Crippen LogP contribution in [0.4, 0.5) is 0 Å². The number of nitrogens with one attached hydrogen (secondary N) is 1. The fraction of sp³-hybridized carbons (Fsp3) is 0.143. The van der Waals surface area contributed by atoms with Gasteiger partial charge < -0.3 is 15.5 Å². The monoisotopic (exact) mass is 348 g/mol. The third-order valence-electron chi connectivity index (χ3n) is 3.70. The molecule has 0 heterocycles. The molecule has 0 aliphatic carbocycles. The Morgan fingerprint density at radius 3 is 2.69 bits per heavy atom. The summed E-state index contributed by atoms with van der Waals surface area (Å²) in [6, 6.07) is 14.3. The van der Waals surface area contributed by atoms with Crippen molar-refractivity contribution < 1.29 is 15.0 Å². The first-order valence-corrected chi connectivity index (χ1v) is 8.14. The van der Waals surface area contributed by atoms with Gasteiger partial charge in [-0.1, -0.05) is 48.0 Å². The highest BCUT2D eigenvalue weighted by molar-refractivity contribution is 5.97. The molecule has 0 aliphatic rings. The minimum absolute atomic E-state index is 0.00603. The number of aryl methyl sites for hydroxylation is 1. The maximum Gasteiger partial charge on any atom is 0.261 e. The molecule has 0 spiro atoms. The summed E-state index contributed by atoms with van der Waals surface area (Å²) < 4.78 is 0. The van der Waals surface area contributed by atoms with E-state index in [1.54, 1.807) is 18.2 Å². The van der Waals surface area contributed by atoms with Gasteiger partial charge in [-0.15, -0.1) is 0 Å². The molecule has 0 atom stereocenters. The van der Waals surface area contributed by atoms with Gasteiger partial charge in [-0.2, -0.15) is 5.26 Å². The molecule has 0 aromatic heterocycles. The number of phenols is 2. The van der Waals surface area contributed by atoms with E-state index < -0.39 is 5.91 Å². The van der Waals surface area contributed by atoms with E-state index in [1.807, 2.05) is 31.2 Å². The lowest BCUT2D eigenvalue weighted by molar-refractivity contribution is -0.117. The number of carbonyl (C=O) groups excluding carboxylic acids is 1. The number of rotatable bonds is 6. The Labute approximate surface area is 152 Å². The van der Waals surface area contributed by atoms with Crippen LogP contribution in [0.15, 0.2) is 60.2 Å². The largest absolute Gasteiger partial charge is 0.504 e. The molecule has 3 N–H and O–H groups in total. The highest BCUT2D eigenvalue weighted by atomic mass is 16.3. The quantitative estimate of drug-likeness (QED) is 0.323. The van der Waals surface area contributed by atoms with Crippen LogP contribution < -0.4 is 5.32 Å². The molecule has 0 radical (unpaired) electrons. The number of nitrogens with zero attached hydrogens (tertiary/aromatic N) is 1. The van der Waals surface area contributed by atoms with Crippen molar-refractivity contribution in [3.05, 3.63) is 76.9 Å². The molecule has 0 bridgehead atoms. The number of phenolic OH excluding ortho intramolecular Hbond substituents is 2. The van der Waals surface area contributed by atoms with Crippen LogP contribution in [0.2, 0.25) is 0 Å². The molecule has 2 aromatic rings. The number of hydrogen-bond acceptors (Lipinski definition) is 4. The van der Waals surface area contributed by atoms with E-state index in [0.717, 1.165) is 11.1 Å². The van der Waals surface area contributed by atoms with Gasteiger partial charge in [0, 0.05) is 6.54 Å². The first kappa shape index (κ1) is 18.8. The number of allylic oxidation sites excluding steroid dienone is 2. The molecule has 0 saturated heterocycles. The van der Waals surface area contributed by atoms with Gasteiger partial charge in [-0.25, -0.2) is 0 Å². The number of nitriles is 1. The van der Waals surface area contributed by atoms with Gasteiger partial charge in [0.2, 0.25) is 0 Å². The zero-order chi connectivity index (χ0) is 18.9. The molecular weight excluding hydrogens is 328 g/mol. The zero-order valence-electron chi connectivity index (χ0n) is 14.4. The van der Waals surface area contributed by atoms with Crippen LogP contribution in [0.3, 0.4) is 0 Å². The van der Waals surface area contributed by atoms with Crippen molar-refractivity contribution in [2.75, 3.05) is 6.54 Å². The number of aromatic hydroxyl groups is 2. The molecule has 0 fully saturated rings. The summed E-state index contributed by atoms with van der Waals surface area (Å²) in [6.45, 7) is 2.45. The van der Waals surface area contributed by atoms with E-state index in [4.69, 9.17) is 5.26 Å². The van der Waals surface area contributed by atoms with Crippen molar-refractivity contribution in [2.45, 2.75) is 13.3 Å². The van der Waals surface area contributed by atoms with Gasteiger partial charge in [-0.3, -0.25) is 4.79 Å².